The third kappa shape index (κ3) is 11.1. The van der Waals surface area contributed by atoms with Gasteiger partial charge in [-0.05, 0) is 123 Å². The van der Waals surface area contributed by atoms with E-state index in [9.17, 15) is 50.9 Å². The van der Waals surface area contributed by atoms with E-state index in [2.05, 4.69) is 24.7 Å². The average molecular weight is 925 g/mol. The summed E-state index contributed by atoms with van der Waals surface area (Å²) in [5, 5.41) is 100. The van der Waals surface area contributed by atoms with Crippen LogP contribution in [0.2, 0.25) is 0 Å². The summed E-state index contributed by atoms with van der Waals surface area (Å²) < 4.78 is 26.5. The number of carboxylic acids is 1. The Balaban J connectivity index is 1.20. The lowest BCUT2D eigenvalue weighted by molar-refractivity contribution is -0.334. The first-order chi connectivity index (χ1) is 32.2. The van der Waals surface area contributed by atoms with Gasteiger partial charge >= 0.3 is 5.97 Å². The maximum atomic E-state index is 12.9. The van der Waals surface area contributed by atoms with Crippen molar-refractivity contribution >= 4 is 5.97 Å². The molecule has 0 amide bonds. The van der Waals surface area contributed by atoms with Crippen LogP contribution in [0, 0.1) is 52.9 Å². The molecule has 0 radical (unpaired) electrons. The molecule has 15 nitrogen and oxygen atoms in total. The van der Waals surface area contributed by atoms with Gasteiger partial charge in [-0.25, -0.2) is 4.79 Å². The SMILES string of the molecule is C=CCc1ccc(OC2OC3C(CCCO)OC#CCC(O)C(C4C=CC5CC(Cc6ccc(C(=O)O)cc6)CC5(O)C4)CC2(O)C(O)C3O)cc1CC(COC)C(CO)n1ccc(C#N)c1. The van der Waals surface area contributed by atoms with Gasteiger partial charge in [0.15, 0.2) is 5.60 Å². The van der Waals surface area contributed by atoms with Crippen molar-refractivity contribution in [1.29, 1.82) is 5.26 Å². The summed E-state index contributed by atoms with van der Waals surface area (Å²) in [7, 11) is 1.57. The Kier molecular flexibility index (Phi) is 16.3. The molecule has 67 heavy (non-hydrogen) atoms. The van der Waals surface area contributed by atoms with E-state index in [0.717, 1.165) is 16.7 Å². The number of allylic oxidation sites excluding steroid dienone is 2. The maximum absolute atomic E-state index is 12.9. The van der Waals surface area contributed by atoms with Crippen LogP contribution in [0.3, 0.4) is 0 Å². The second-order valence-corrected chi connectivity index (χ2v) is 18.9. The molecular formula is C52H64N2O13. The van der Waals surface area contributed by atoms with Gasteiger partial charge < -0.3 is 64.4 Å². The number of benzene rings is 2. The van der Waals surface area contributed by atoms with Crippen LogP contribution in [-0.2, 0) is 33.5 Å². The first kappa shape index (κ1) is 49.9. The van der Waals surface area contributed by atoms with Gasteiger partial charge in [0.25, 0.3) is 0 Å². The van der Waals surface area contributed by atoms with Crippen molar-refractivity contribution < 1.29 is 64.6 Å². The Hall–Kier alpha value is -5.04. The summed E-state index contributed by atoms with van der Waals surface area (Å²) in [6.07, 6.45) is 5.96. The van der Waals surface area contributed by atoms with Gasteiger partial charge in [-0.2, -0.15) is 5.26 Å². The standard InChI is InChI=1S/C52H64N2O13/c1-3-6-35-14-16-41(24-38(35)23-39(31-64-2)43(30-56)54-18-17-33(28-53)29-54)66-50-52(63)27-42(44(57)7-5-20-65-45(8-4-19-55)47(67-50)46(58)48(52)59)37-13-15-40-22-34(25-51(40,62)26-37)21-32-9-11-36(12-10-32)49(60)61/h3,9-18,24,29,34,37,39-40,42-48,50,55-59,62-63H,1,4,6-8,19,21-23,25-27,30-31H2,2H3,(H,60,61). The highest BCUT2D eigenvalue weighted by atomic mass is 16.7. The van der Waals surface area contributed by atoms with E-state index >= 15 is 0 Å². The predicted octanol–water partition coefficient (Wildman–Crippen LogP) is 3.85. The number of hydrogen-bond donors (Lipinski definition) is 8. The highest BCUT2D eigenvalue weighted by Gasteiger charge is 2.60. The molecule has 15 heteroatoms. The minimum atomic E-state index is -2.35. The number of fused-ring (bicyclic) bond motifs is 9. The highest BCUT2D eigenvalue weighted by molar-refractivity contribution is 5.87. The largest absolute Gasteiger partial charge is 0.478 e. The molecule has 1 saturated carbocycles. The number of aromatic nitrogens is 1. The smallest absolute Gasteiger partial charge is 0.335 e. The van der Waals surface area contributed by atoms with Crippen molar-refractivity contribution in [2.75, 3.05) is 26.9 Å². The van der Waals surface area contributed by atoms with Crippen LogP contribution in [-0.4, -0.2) is 126 Å². The zero-order valence-corrected chi connectivity index (χ0v) is 37.8. The van der Waals surface area contributed by atoms with Gasteiger partial charge in [0, 0.05) is 44.4 Å². The molecule has 8 N–H and O–H groups in total. The fourth-order valence-corrected chi connectivity index (χ4v) is 11.0. The normalized spacial score (nSPS) is 32.3. The molecule has 360 valence electrons. The number of nitrogens with zero attached hydrogens (tertiary/aromatic N) is 2. The third-order valence-corrected chi connectivity index (χ3v) is 14.5. The van der Waals surface area contributed by atoms with E-state index in [1.54, 1.807) is 72.6 Å². The Morgan fingerprint density at radius 2 is 1.87 bits per heavy atom. The van der Waals surface area contributed by atoms with Crippen LogP contribution in [0.15, 0.2) is 85.7 Å². The van der Waals surface area contributed by atoms with Gasteiger partial charge in [-0.15, -0.1) is 6.58 Å². The number of rotatable bonds is 18. The van der Waals surface area contributed by atoms with Crippen molar-refractivity contribution in [3.63, 3.8) is 0 Å². The second kappa shape index (κ2) is 21.9. The van der Waals surface area contributed by atoms with Crippen LogP contribution >= 0.6 is 0 Å². The molecule has 3 aliphatic heterocycles. The first-order valence-electron chi connectivity index (χ1n) is 23.2. The fourth-order valence-electron chi connectivity index (χ4n) is 11.0. The summed E-state index contributed by atoms with van der Waals surface area (Å²) in [6.45, 7) is 3.77. The summed E-state index contributed by atoms with van der Waals surface area (Å²) in [5.74, 6) is 0.390. The summed E-state index contributed by atoms with van der Waals surface area (Å²) >= 11 is 0. The lowest BCUT2D eigenvalue weighted by atomic mass is 9.67. The van der Waals surface area contributed by atoms with Crippen molar-refractivity contribution in [2.24, 2.45) is 29.6 Å². The Labute approximate surface area is 391 Å². The molecule has 2 aromatic carbocycles. The predicted molar refractivity (Wildman–Crippen MR) is 244 cm³/mol. The number of aromatic carboxylic acids is 1. The van der Waals surface area contributed by atoms with E-state index in [1.807, 2.05) is 18.2 Å². The zero-order chi connectivity index (χ0) is 47.9. The number of carboxylic acid groups (broad SMARTS) is 1. The average Bonchev–Trinajstić information content (AvgIpc) is 3.92. The Bertz CT molecular complexity index is 2300. The van der Waals surface area contributed by atoms with Gasteiger partial charge in [0.1, 0.15) is 42.3 Å². The van der Waals surface area contributed by atoms with Gasteiger partial charge in [0.2, 0.25) is 6.29 Å². The Morgan fingerprint density at radius 1 is 1.07 bits per heavy atom. The zero-order valence-electron chi connectivity index (χ0n) is 37.8. The number of aliphatic hydroxyl groups is 7. The van der Waals surface area contributed by atoms with E-state index < -0.39 is 71.9 Å². The molecule has 14 atom stereocenters. The summed E-state index contributed by atoms with van der Waals surface area (Å²) in [5.41, 5.74) is -0.184. The number of nitriles is 1. The number of aliphatic hydroxyl groups excluding tert-OH is 5. The quantitative estimate of drug-likeness (QED) is 0.0668. The molecule has 2 fully saturated rings. The molecule has 0 spiro atoms. The number of ether oxygens (including phenoxy) is 4. The Morgan fingerprint density at radius 3 is 2.55 bits per heavy atom. The maximum Gasteiger partial charge on any atom is 0.335 e. The number of methoxy groups -OCH3 is 1. The molecule has 4 heterocycles. The van der Waals surface area contributed by atoms with Crippen LogP contribution in [0.25, 0.3) is 0 Å². The van der Waals surface area contributed by atoms with Crippen molar-refractivity contribution in [3.8, 4) is 23.8 Å². The highest BCUT2D eigenvalue weighted by Crippen LogP contribution is 2.51. The molecule has 2 bridgehead atoms. The van der Waals surface area contributed by atoms with Gasteiger partial charge in [-0.1, -0.05) is 42.3 Å². The van der Waals surface area contributed by atoms with Gasteiger partial charge in [-0.3, -0.25) is 0 Å². The molecule has 14 unspecified atom stereocenters. The molecular weight excluding hydrogens is 861 g/mol. The molecule has 8 rings (SSSR count). The minimum absolute atomic E-state index is 0.0727. The molecule has 3 aromatic rings. The van der Waals surface area contributed by atoms with Gasteiger partial charge in [0.05, 0.1) is 42.1 Å². The van der Waals surface area contributed by atoms with E-state index in [-0.39, 0.29) is 81.0 Å². The van der Waals surface area contributed by atoms with Crippen LogP contribution in [0.1, 0.15) is 83.6 Å². The minimum Gasteiger partial charge on any atom is -0.478 e. The second-order valence-electron chi connectivity index (χ2n) is 18.9. The van der Waals surface area contributed by atoms with E-state index in [1.165, 1.54) is 0 Å². The fraction of sp³-hybridized carbons (Fsp3) is 0.538. The number of carbonyl (C=O) groups is 1. The lowest BCUT2D eigenvalue weighted by Gasteiger charge is -2.51. The van der Waals surface area contributed by atoms with Crippen molar-refractivity contribution in [1.82, 2.24) is 4.57 Å². The van der Waals surface area contributed by atoms with Crippen LogP contribution < -0.4 is 4.74 Å². The van der Waals surface area contributed by atoms with Crippen LogP contribution in [0.4, 0.5) is 0 Å². The molecule has 1 aromatic heterocycles. The first-order valence-corrected chi connectivity index (χ1v) is 23.2. The van der Waals surface area contributed by atoms with E-state index in [0.29, 0.717) is 37.7 Å². The summed E-state index contributed by atoms with van der Waals surface area (Å²) in [4.78, 5) is 11.4. The molecule has 1 saturated heterocycles. The summed E-state index contributed by atoms with van der Waals surface area (Å²) in [6, 6.07) is 15.4. The number of hydrogen-bond acceptors (Lipinski definition) is 13. The van der Waals surface area contributed by atoms with Crippen molar-refractivity contribution in [3.05, 3.63) is 114 Å². The topological polar surface area (TPSA) is 245 Å². The lowest BCUT2D eigenvalue weighted by Crippen LogP contribution is -2.70. The van der Waals surface area contributed by atoms with Crippen LogP contribution in [0.5, 0.6) is 5.75 Å². The molecule has 2 aliphatic carbocycles. The molecule has 5 aliphatic rings. The third-order valence-electron chi connectivity index (χ3n) is 14.5. The van der Waals surface area contributed by atoms with Crippen molar-refractivity contribution in [2.45, 2.75) is 118 Å². The monoisotopic (exact) mass is 924 g/mol. The van der Waals surface area contributed by atoms with E-state index in [4.69, 9.17) is 18.9 Å².